The van der Waals surface area contributed by atoms with Crippen LogP contribution in [-0.4, -0.2) is 19.6 Å². The van der Waals surface area contributed by atoms with Crippen LogP contribution in [0, 0.1) is 0 Å². The van der Waals surface area contributed by atoms with E-state index in [0.29, 0.717) is 33.0 Å². The summed E-state index contributed by atoms with van der Waals surface area (Å²) in [7, 11) is 0. The van der Waals surface area contributed by atoms with Gasteiger partial charge in [-0.15, -0.1) is 5.10 Å². The van der Waals surface area contributed by atoms with E-state index in [2.05, 4.69) is 46.5 Å². The monoisotopic (exact) mass is 494 g/mol. The Balaban J connectivity index is 1.51. The average molecular weight is 495 g/mol. The second kappa shape index (κ2) is 7.80. The fourth-order valence-corrected chi connectivity index (χ4v) is 5.32. The summed E-state index contributed by atoms with van der Waals surface area (Å²) in [5, 5.41) is 7.89. The Labute approximate surface area is 210 Å². The van der Waals surface area contributed by atoms with Crippen LogP contribution < -0.4 is 4.74 Å². The molecule has 1 atom stereocenters. The lowest BCUT2D eigenvalue weighted by Gasteiger charge is -2.28. The highest BCUT2D eigenvalue weighted by atomic mass is 35.5. The number of ether oxygens (including phenoxy) is 1. The Morgan fingerprint density at radius 3 is 2.54 bits per heavy atom. The van der Waals surface area contributed by atoms with E-state index in [1.807, 2.05) is 36.4 Å². The minimum absolute atomic E-state index is 0.131. The predicted molar refractivity (Wildman–Crippen MR) is 138 cm³/mol. The lowest BCUT2D eigenvalue weighted by molar-refractivity contribution is 0.437. The van der Waals surface area contributed by atoms with Gasteiger partial charge in [-0.3, -0.25) is 0 Å². The first kappa shape index (κ1) is 20.4. The summed E-state index contributed by atoms with van der Waals surface area (Å²) in [6, 6.07) is 28.1. The van der Waals surface area contributed by atoms with Gasteiger partial charge in [0.2, 0.25) is 5.88 Å². The number of benzene rings is 4. The van der Waals surface area contributed by atoms with Crippen LogP contribution in [0.25, 0.3) is 27.8 Å². The molecule has 0 unspecified atom stereocenters. The molecular weight excluding hydrogens is 479 g/mol. The van der Waals surface area contributed by atoms with Crippen LogP contribution in [0.5, 0.6) is 11.6 Å². The van der Waals surface area contributed by atoms with E-state index >= 15 is 0 Å². The standard InChI is InChI=1S/C28H16Cl2N4O/c29-18-11-13-20(22(30)14-18)26-32-27-24-23(17-7-2-1-3-8-17)21-12-10-16-6-4-5-9-19(16)25(21)35-28(24)31-15-34(27)33-26/h1-15,23H/t23-/m1/s1. The van der Waals surface area contributed by atoms with Crippen molar-refractivity contribution in [2.45, 2.75) is 5.92 Å². The molecule has 2 aromatic heterocycles. The lowest BCUT2D eigenvalue weighted by Crippen LogP contribution is -2.15. The summed E-state index contributed by atoms with van der Waals surface area (Å²) in [4.78, 5) is 9.56. The summed E-state index contributed by atoms with van der Waals surface area (Å²) in [6.45, 7) is 0. The highest BCUT2D eigenvalue weighted by Gasteiger charge is 2.34. The molecule has 7 rings (SSSR count). The smallest absolute Gasteiger partial charge is 0.228 e. The fraction of sp³-hybridized carbons (Fsp3) is 0.0357. The molecule has 168 valence electrons. The summed E-state index contributed by atoms with van der Waals surface area (Å²) in [5.74, 6) is 1.71. The van der Waals surface area contributed by atoms with Crippen molar-refractivity contribution in [2.75, 3.05) is 0 Å². The van der Waals surface area contributed by atoms with Crippen LogP contribution in [-0.2, 0) is 0 Å². The molecule has 6 aromatic rings. The van der Waals surface area contributed by atoms with Crippen molar-refractivity contribution in [3.63, 3.8) is 0 Å². The second-order valence-corrected chi connectivity index (χ2v) is 9.29. The van der Waals surface area contributed by atoms with Crippen LogP contribution >= 0.6 is 23.2 Å². The Kier molecular flexibility index (Phi) is 4.56. The minimum Gasteiger partial charge on any atom is -0.438 e. The van der Waals surface area contributed by atoms with Crippen LogP contribution in [0.4, 0.5) is 0 Å². The summed E-state index contributed by atoms with van der Waals surface area (Å²) in [6.07, 6.45) is 1.63. The normalized spacial score (nSPS) is 14.5. The summed E-state index contributed by atoms with van der Waals surface area (Å²) >= 11 is 12.6. The molecule has 0 saturated heterocycles. The zero-order chi connectivity index (χ0) is 23.5. The molecule has 0 radical (unpaired) electrons. The number of rotatable bonds is 2. The van der Waals surface area contributed by atoms with Gasteiger partial charge in [0.15, 0.2) is 11.5 Å². The van der Waals surface area contributed by atoms with Crippen molar-refractivity contribution >= 4 is 39.6 Å². The van der Waals surface area contributed by atoms with Gasteiger partial charge in [-0.25, -0.2) is 14.5 Å². The van der Waals surface area contributed by atoms with Gasteiger partial charge < -0.3 is 4.74 Å². The minimum atomic E-state index is -0.131. The van der Waals surface area contributed by atoms with Crippen molar-refractivity contribution in [3.8, 4) is 23.0 Å². The SMILES string of the molecule is Clc1ccc(-c2nc3c4c(ncn3n2)Oc2c(ccc3ccccc23)[C@H]4c2ccccc2)c(Cl)c1. The molecule has 0 spiro atoms. The van der Waals surface area contributed by atoms with Gasteiger partial charge in [-0.05, 0) is 29.1 Å². The van der Waals surface area contributed by atoms with Crippen LogP contribution in [0.15, 0.2) is 91.3 Å². The highest BCUT2D eigenvalue weighted by molar-refractivity contribution is 6.36. The maximum Gasteiger partial charge on any atom is 0.228 e. The molecule has 0 N–H and O–H groups in total. The van der Waals surface area contributed by atoms with E-state index < -0.39 is 0 Å². The zero-order valence-corrected chi connectivity index (χ0v) is 19.7. The fourth-order valence-electron chi connectivity index (χ4n) is 4.82. The number of aromatic nitrogens is 4. The third-order valence-corrected chi connectivity index (χ3v) is 6.95. The van der Waals surface area contributed by atoms with E-state index in [4.69, 9.17) is 32.9 Å². The van der Waals surface area contributed by atoms with Gasteiger partial charge in [0.05, 0.1) is 10.6 Å². The molecule has 0 bridgehead atoms. The van der Waals surface area contributed by atoms with Crippen molar-refractivity contribution in [1.82, 2.24) is 19.6 Å². The molecule has 0 saturated carbocycles. The number of nitrogens with zero attached hydrogens (tertiary/aromatic N) is 4. The number of halogens is 2. The van der Waals surface area contributed by atoms with E-state index in [9.17, 15) is 0 Å². The number of hydrogen-bond acceptors (Lipinski definition) is 4. The third kappa shape index (κ3) is 3.20. The van der Waals surface area contributed by atoms with Gasteiger partial charge in [-0.1, -0.05) is 89.9 Å². The number of hydrogen-bond donors (Lipinski definition) is 0. The molecule has 0 fully saturated rings. The van der Waals surface area contributed by atoms with Crippen LogP contribution in [0.3, 0.4) is 0 Å². The maximum atomic E-state index is 6.47. The Morgan fingerprint density at radius 2 is 1.69 bits per heavy atom. The van der Waals surface area contributed by atoms with Crippen molar-refractivity contribution in [1.29, 1.82) is 0 Å². The topological polar surface area (TPSA) is 52.3 Å². The van der Waals surface area contributed by atoms with Crippen LogP contribution in [0.2, 0.25) is 10.0 Å². The van der Waals surface area contributed by atoms with Gasteiger partial charge in [-0.2, -0.15) is 0 Å². The summed E-state index contributed by atoms with van der Waals surface area (Å²) in [5.41, 5.74) is 4.42. The van der Waals surface area contributed by atoms with Crippen molar-refractivity contribution in [3.05, 3.63) is 118 Å². The largest absolute Gasteiger partial charge is 0.438 e. The Hall–Kier alpha value is -3.93. The average Bonchev–Trinajstić information content (AvgIpc) is 3.32. The van der Waals surface area contributed by atoms with Gasteiger partial charge >= 0.3 is 0 Å². The van der Waals surface area contributed by atoms with E-state index in [1.165, 1.54) is 0 Å². The first-order chi connectivity index (χ1) is 17.2. The second-order valence-electron chi connectivity index (χ2n) is 8.44. The molecule has 1 aliphatic heterocycles. The lowest BCUT2D eigenvalue weighted by atomic mass is 9.83. The predicted octanol–water partition coefficient (Wildman–Crippen LogP) is 7.54. The molecular formula is C28H16Cl2N4O. The van der Waals surface area contributed by atoms with Crippen LogP contribution in [0.1, 0.15) is 22.6 Å². The molecule has 1 aliphatic rings. The zero-order valence-electron chi connectivity index (χ0n) is 18.2. The Morgan fingerprint density at radius 1 is 0.857 bits per heavy atom. The first-order valence-corrected chi connectivity index (χ1v) is 11.9. The van der Waals surface area contributed by atoms with Crippen molar-refractivity contribution in [2.24, 2.45) is 0 Å². The molecule has 4 aromatic carbocycles. The van der Waals surface area contributed by atoms with Gasteiger partial charge in [0, 0.05) is 27.5 Å². The summed E-state index contributed by atoms with van der Waals surface area (Å²) < 4.78 is 8.15. The third-order valence-electron chi connectivity index (χ3n) is 6.40. The maximum absolute atomic E-state index is 6.47. The quantitative estimate of drug-likeness (QED) is 0.249. The molecule has 0 amide bonds. The van der Waals surface area contributed by atoms with E-state index in [1.54, 1.807) is 23.0 Å². The van der Waals surface area contributed by atoms with Gasteiger partial charge in [0.25, 0.3) is 0 Å². The molecule has 7 heteroatoms. The first-order valence-electron chi connectivity index (χ1n) is 11.1. The van der Waals surface area contributed by atoms with E-state index in [-0.39, 0.29) is 5.92 Å². The molecule has 35 heavy (non-hydrogen) atoms. The van der Waals surface area contributed by atoms with Crippen molar-refractivity contribution < 1.29 is 4.74 Å². The molecule has 0 aliphatic carbocycles. The number of fused-ring (bicyclic) bond motifs is 6. The van der Waals surface area contributed by atoms with Gasteiger partial charge in [0.1, 0.15) is 12.1 Å². The molecule has 5 nitrogen and oxygen atoms in total. The van der Waals surface area contributed by atoms with E-state index in [0.717, 1.165) is 33.2 Å². The highest BCUT2D eigenvalue weighted by Crippen LogP contribution is 2.50. The molecule has 3 heterocycles. The Bertz CT molecular complexity index is 1760.